The molecule has 0 saturated carbocycles. The molecule has 0 atom stereocenters. The second kappa shape index (κ2) is 4.75. The number of hydrogen-bond acceptors (Lipinski definition) is 2. The van der Waals surface area contributed by atoms with Gasteiger partial charge < -0.3 is 9.88 Å². The van der Waals surface area contributed by atoms with E-state index in [2.05, 4.69) is 21.9 Å². The van der Waals surface area contributed by atoms with Gasteiger partial charge in [0.2, 0.25) is 5.91 Å². The Bertz CT molecular complexity index is 454. The Kier molecular flexibility index (Phi) is 3.46. The summed E-state index contributed by atoms with van der Waals surface area (Å²) in [6, 6.07) is 0. The van der Waals surface area contributed by atoms with Gasteiger partial charge in [-0.2, -0.15) is 0 Å². The minimum absolute atomic E-state index is 0.0727. The highest BCUT2D eigenvalue weighted by atomic mass is 16.2. The molecule has 0 saturated heterocycles. The lowest BCUT2D eigenvalue weighted by Crippen LogP contribution is -2.34. The Morgan fingerprint density at radius 3 is 2.61 bits per heavy atom. The molecule has 0 spiro atoms. The highest BCUT2D eigenvalue weighted by molar-refractivity contribution is 5.81. The first-order valence-electron chi connectivity index (χ1n) is 6.71. The fourth-order valence-corrected chi connectivity index (χ4v) is 2.32. The van der Waals surface area contributed by atoms with Crippen LogP contribution in [-0.2, 0) is 31.2 Å². The lowest BCUT2D eigenvalue weighted by Gasteiger charge is -2.17. The number of hydrogen-bond donors (Lipinski definition) is 1. The van der Waals surface area contributed by atoms with Crippen molar-refractivity contribution >= 4 is 5.91 Å². The van der Waals surface area contributed by atoms with Gasteiger partial charge in [-0.3, -0.25) is 4.79 Å². The molecule has 1 aliphatic carbocycles. The average Bonchev–Trinajstić information content (AvgIpc) is 2.63. The van der Waals surface area contributed by atoms with Crippen LogP contribution in [0.15, 0.2) is 0 Å². The summed E-state index contributed by atoms with van der Waals surface area (Å²) in [6.07, 6.45) is 4.68. The lowest BCUT2D eigenvalue weighted by atomic mass is 9.96. The zero-order chi connectivity index (χ0) is 13.3. The molecule has 0 radical (unpaired) electrons. The van der Waals surface area contributed by atoms with Crippen LogP contribution in [0, 0.1) is 5.41 Å². The number of aryl methyl sites for hydroxylation is 1. The van der Waals surface area contributed by atoms with Gasteiger partial charge in [0.05, 0.1) is 12.2 Å². The molecule has 1 aromatic heterocycles. The molecule has 0 unspecified atom stereocenters. The monoisotopic (exact) mass is 249 g/mol. The summed E-state index contributed by atoms with van der Waals surface area (Å²) in [5.41, 5.74) is 2.23. The van der Waals surface area contributed by atoms with Gasteiger partial charge in [0, 0.05) is 18.2 Å². The number of imidazole rings is 1. The number of aromatic nitrogens is 2. The van der Waals surface area contributed by atoms with E-state index in [0.29, 0.717) is 6.54 Å². The minimum Gasteiger partial charge on any atom is -0.348 e. The molecule has 1 aromatic rings. The first-order chi connectivity index (χ1) is 8.39. The maximum absolute atomic E-state index is 11.8. The van der Waals surface area contributed by atoms with Crippen molar-refractivity contribution in [1.82, 2.24) is 14.9 Å². The summed E-state index contributed by atoms with van der Waals surface area (Å²) in [6.45, 7) is 6.29. The molecular formula is C14H23N3O. The zero-order valence-corrected chi connectivity index (χ0v) is 11.8. The molecule has 0 bridgehead atoms. The molecule has 4 nitrogen and oxygen atoms in total. The first kappa shape index (κ1) is 13.1. The number of fused-ring (bicyclic) bond motifs is 1. The van der Waals surface area contributed by atoms with E-state index in [-0.39, 0.29) is 11.3 Å². The Morgan fingerprint density at radius 1 is 1.33 bits per heavy atom. The van der Waals surface area contributed by atoms with E-state index in [0.717, 1.165) is 18.7 Å². The molecule has 1 N–H and O–H groups in total. The van der Waals surface area contributed by atoms with Crippen molar-refractivity contribution < 1.29 is 4.79 Å². The highest BCUT2D eigenvalue weighted by Gasteiger charge is 2.22. The van der Waals surface area contributed by atoms with Crippen molar-refractivity contribution in [3.8, 4) is 0 Å². The highest BCUT2D eigenvalue weighted by Crippen LogP contribution is 2.21. The molecule has 0 fully saturated rings. The van der Waals surface area contributed by atoms with E-state index in [1.807, 2.05) is 20.8 Å². The first-order valence-corrected chi connectivity index (χ1v) is 6.71. The quantitative estimate of drug-likeness (QED) is 0.871. The van der Waals surface area contributed by atoms with Crippen LogP contribution in [0.1, 0.15) is 50.8 Å². The number of rotatable bonds is 2. The van der Waals surface area contributed by atoms with Crippen LogP contribution in [-0.4, -0.2) is 15.5 Å². The summed E-state index contributed by atoms with van der Waals surface area (Å²) >= 11 is 0. The van der Waals surface area contributed by atoms with Gasteiger partial charge >= 0.3 is 0 Å². The second-order valence-corrected chi connectivity index (χ2v) is 6.12. The SMILES string of the molecule is Cn1c(CNC(=O)C(C)(C)C)nc2c1CCCC2. The predicted octanol–water partition coefficient (Wildman–Crippen LogP) is 1.96. The molecule has 0 aliphatic heterocycles. The van der Waals surface area contributed by atoms with Gasteiger partial charge in [-0.25, -0.2) is 4.98 Å². The largest absolute Gasteiger partial charge is 0.348 e. The molecule has 100 valence electrons. The van der Waals surface area contributed by atoms with E-state index >= 15 is 0 Å². The molecule has 1 aliphatic rings. The summed E-state index contributed by atoms with van der Waals surface area (Å²) in [7, 11) is 2.05. The fraction of sp³-hybridized carbons (Fsp3) is 0.714. The van der Waals surface area contributed by atoms with E-state index in [1.54, 1.807) is 0 Å². The normalized spacial score (nSPS) is 15.3. The van der Waals surface area contributed by atoms with Crippen molar-refractivity contribution in [1.29, 1.82) is 0 Å². The van der Waals surface area contributed by atoms with Gasteiger partial charge in [0.15, 0.2) is 0 Å². The molecule has 1 amide bonds. The van der Waals surface area contributed by atoms with Crippen LogP contribution in [0.25, 0.3) is 0 Å². The van der Waals surface area contributed by atoms with Gasteiger partial charge in [-0.05, 0) is 25.7 Å². The second-order valence-electron chi connectivity index (χ2n) is 6.12. The third-order valence-electron chi connectivity index (χ3n) is 3.55. The number of carbonyl (C=O) groups excluding carboxylic acids is 1. The number of nitrogens with one attached hydrogen (secondary N) is 1. The molecular weight excluding hydrogens is 226 g/mol. The third-order valence-corrected chi connectivity index (χ3v) is 3.55. The number of amides is 1. The van der Waals surface area contributed by atoms with Crippen molar-refractivity contribution in [2.45, 2.75) is 53.0 Å². The van der Waals surface area contributed by atoms with Gasteiger partial charge in [-0.15, -0.1) is 0 Å². The van der Waals surface area contributed by atoms with Crippen molar-refractivity contribution in [3.05, 3.63) is 17.2 Å². The molecule has 0 aromatic carbocycles. The van der Waals surface area contributed by atoms with Crippen LogP contribution < -0.4 is 5.32 Å². The van der Waals surface area contributed by atoms with E-state index in [1.165, 1.54) is 24.2 Å². The Hall–Kier alpha value is -1.32. The maximum Gasteiger partial charge on any atom is 0.225 e. The van der Waals surface area contributed by atoms with Crippen LogP contribution in [0.2, 0.25) is 0 Å². The number of carbonyl (C=O) groups is 1. The van der Waals surface area contributed by atoms with Crippen molar-refractivity contribution in [3.63, 3.8) is 0 Å². The predicted molar refractivity (Wildman–Crippen MR) is 71.2 cm³/mol. The van der Waals surface area contributed by atoms with Crippen LogP contribution in [0.4, 0.5) is 0 Å². The maximum atomic E-state index is 11.8. The van der Waals surface area contributed by atoms with Gasteiger partial charge in [-0.1, -0.05) is 20.8 Å². The lowest BCUT2D eigenvalue weighted by molar-refractivity contribution is -0.128. The Labute approximate surface area is 109 Å². The molecule has 2 rings (SSSR count). The average molecular weight is 249 g/mol. The minimum atomic E-state index is -0.342. The van der Waals surface area contributed by atoms with Gasteiger partial charge in [0.25, 0.3) is 0 Å². The van der Waals surface area contributed by atoms with E-state index in [4.69, 9.17) is 0 Å². The fourth-order valence-electron chi connectivity index (χ4n) is 2.32. The van der Waals surface area contributed by atoms with Crippen LogP contribution in [0.5, 0.6) is 0 Å². The number of nitrogens with zero attached hydrogens (tertiary/aromatic N) is 2. The van der Waals surface area contributed by atoms with E-state index in [9.17, 15) is 4.79 Å². The van der Waals surface area contributed by atoms with Crippen molar-refractivity contribution in [2.75, 3.05) is 0 Å². The summed E-state index contributed by atoms with van der Waals surface area (Å²) in [5.74, 6) is 1.04. The molecule has 18 heavy (non-hydrogen) atoms. The van der Waals surface area contributed by atoms with E-state index < -0.39 is 0 Å². The molecule has 4 heteroatoms. The third kappa shape index (κ3) is 2.57. The standard InChI is InChI=1S/C14H23N3O/c1-14(2,3)13(18)15-9-12-16-10-7-5-6-8-11(10)17(12)4/h5-9H2,1-4H3,(H,15,18). The molecule has 1 heterocycles. The zero-order valence-electron chi connectivity index (χ0n) is 11.8. The topological polar surface area (TPSA) is 46.9 Å². The van der Waals surface area contributed by atoms with Crippen molar-refractivity contribution in [2.24, 2.45) is 12.5 Å². The Morgan fingerprint density at radius 2 is 2.00 bits per heavy atom. The van der Waals surface area contributed by atoms with Crippen LogP contribution in [0.3, 0.4) is 0 Å². The summed E-state index contributed by atoms with van der Waals surface area (Å²) in [4.78, 5) is 16.5. The summed E-state index contributed by atoms with van der Waals surface area (Å²) in [5, 5.41) is 2.97. The van der Waals surface area contributed by atoms with Gasteiger partial charge in [0.1, 0.15) is 5.82 Å². The Balaban J connectivity index is 2.07. The summed E-state index contributed by atoms with van der Waals surface area (Å²) < 4.78 is 2.15. The van der Waals surface area contributed by atoms with Crippen LogP contribution >= 0.6 is 0 Å². The smallest absolute Gasteiger partial charge is 0.225 e.